The van der Waals surface area contributed by atoms with E-state index in [1.54, 1.807) is 12.1 Å². The van der Waals surface area contributed by atoms with Crippen LogP contribution < -0.4 is 106 Å². The summed E-state index contributed by atoms with van der Waals surface area (Å²) in [6.45, 7) is 33.6. The average Bonchev–Trinajstić information content (AvgIpc) is 1.21. The number of hydrogen-bond acceptors (Lipinski definition) is 27. The summed E-state index contributed by atoms with van der Waals surface area (Å²) in [4.78, 5) is 70.6. The maximum atomic E-state index is 12.3. The number of carboxylic acids is 2. The number of anilines is 2. The number of benzene rings is 4. The first-order valence-electron chi connectivity index (χ1n) is 45.8. The summed E-state index contributed by atoms with van der Waals surface area (Å²) in [6, 6.07) is 31.7. The third-order valence-electron chi connectivity index (χ3n) is 28.2. The van der Waals surface area contributed by atoms with Crippen molar-refractivity contribution >= 4 is 101 Å². The van der Waals surface area contributed by atoms with Crippen molar-refractivity contribution in [2.75, 3.05) is 32.8 Å². The number of alkyl halides is 3. The van der Waals surface area contributed by atoms with Gasteiger partial charge in [-0.3, -0.25) is 19.2 Å². The number of esters is 3. The quantitative estimate of drug-likeness (QED) is 0.0236. The number of halogens is 3. The van der Waals surface area contributed by atoms with Gasteiger partial charge in [0.1, 0.15) is 41.2 Å². The van der Waals surface area contributed by atoms with Crippen LogP contribution in [0.4, 0.5) is 24.8 Å². The van der Waals surface area contributed by atoms with Crippen LogP contribution >= 0.6 is 0 Å². The van der Waals surface area contributed by atoms with Gasteiger partial charge >= 0.3 is 131 Å². The van der Waals surface area contributed by atoms with E-state index in [-0.39, 0.29) is 152 Å². The molecule has 0 spiro atoms. The number of rotatable bonds is 18. The van der Waals surface area contributed by atoms with Crippen LogP contribution in [-0.4, -0.2) is 162 Å². The summed E-state index contributed by atoms with van der Waals surface area (Å²) < 4.78 is 126. The number of carbonyl (C=O) groups excluding carboxylic acids is 4. The van der Waals surface area contributed by atoms with Crippen molar-refractivity contribution < 1.29 is 187 Å². The minimum atomic E-state index is -5.65. The summed E-state index contributed by atoms with van der Waals surface area (Å²) >= 11 is 0. The van der Waals surface area contributed by atoms with Gasteiger partial charge in [0.2, 0.25) is 11.8 Å². The van der Waals surface area contributed by atoms with E-state index in [2.05, 4.69) is 129 Å². The van der Waals surface area contributed by atoms with Gasteiger partial charge in [0.15, 0.2) is 0 Å². The van der Waals surface area contributed by atoms with Crippen molar-refractivity contribution in [2.45, 2.75) is 320 Å². The molecule has 28 nitrogen and oxygen atoms in total. The largest absolute Gasteiger partial charge is 1.00 e. The Hall–Kier alpha value is -7.24. The fourth-order valence-corrected chi connectivity index (χ4v) is 18.5. The summed E-state index contributed by atoms with van der Waals surface area (Å²) in [5, 5.41) is 17.9. The molecule has 0 atom stereocenters. The maximum Gasteiger partial charge on any atom is 1.00 e. The third kappa shape index (κ3) is 30.2. The fourth-order valence-electron chi connectivity index (χ4n) is 18.1. The molecule has 0 bridgehead atoms. The first-order valence-corrected chi connectivity index (χ1v) is 47.2. The zero-order valence-electron chi connectivity index (χ0n) is 82.6. The predicted molar refractivity (Wildman–Crippen MR) is 501 cm³/mol. The molecule has 726 valence electrons. The Labute approximate surface area is 849 Å². The summed E-state index contributed by atoms with van der Waals surface area (Å²) in [6.07, 6.45) is 25.0. The zero-order valence-corrected chi connectivity index (χ0v) is 86.5. The van der Waals surface area contributed by atoms with Gasteiger partial charge in [0.05, 0.1) is 66.1 Å². The molecule has 15 rings (SSSR count). The van der Waals surface area contributed by atoms with Gasteiger partial charge in [-0.2, -0.15) is 21.6 Å². The summed E-state index contributed by atoms with van der Waals surface area (Å²) in [5.41, 5.74) is 15.3. The minimum Gasteiger partial charge on any atom is -0.870 e. The van der Waals surface area contributed by atoms with E-state index in [4.69, 9.17) is 73.3 Å². The number of aromatic nitrogens is 4. The average molecular weight is 1920 g/mol. The SMILES string of the molecule is CC(=O)[O-].CC1(C)OB(B2OC(C)(C)C(C)(C)O2)OC1(C)C.CC1(C)Oc2ncnc(N)c2C=C1c1ccc(C2CCC(CC(=O)O)CC2)cc1.COC(=O)CC1CCC(c2ccc(B3OC(C)(C)C(C)(C)O3)cc2)CC1.COC(=O)CC1CCC(c2ccc(C3=Cc4c(N)ncnc4OC3(C)C)cc2)CC1.COC(=O)CC1CCC(c2ccc(OS(=O)(=O)C(F)(F)F)cc2)CC1.[K+].[Li+].[OH-]. The molecule has 9 aliphatic rings. The van der Waals surface area contributed by atoms with Crippen LogP contribution in [0.2, 0.25) is 0 Å². The van der Waals surface area contributed by atoms with Crippen LogP contribution in [0.3, 0.4) is 0 Å². The van der Waals surface area contributed by atoms with Crippen LogP contribution in [-0.2, 0) is 76.2 Å². The standard InChI is InChI=1S/C24H29N3O3.C23H27N3O3.C21H31BO4.C16H19F3O5S.C12H24B2O4.C2H4O2.K.Li.H2O/c1-24(2)20(13-19-22(25)26-14-27-23(19)30-24)18-10-8-17(9-11-18)16-6-4-15(5-7-16)12-21(28)29-3;1-23(2)19(12-18-21(24)25-13-26-22(18)29-23)17-9-7-16(8-10-17)15-5-3-14(4-6-15)11-20(27)28;1-20(2)21(3,4)26-22(25-20)18-12-10-17(11-13-18)16-8-6-15(7-9-16)14-19(23)24-5;1-23-15(20)10-11-2-4-12(5-3-11)13-6-8-14(9-7-13)24-25(21,22)16(17,18)19;1-9(2)10(3,4)16-13(15-9)14-17-11(5,6)12(7,8)18-14;1-2(3)4;;;/h8-11,13-16H,4-7,12H2,1-3H3,(H2,25,26,27);7-10,12-15H,3-6,11H2,1-2H3,(H,27,28)(H2,24,25,26);10-13,15-16H,6-9,14H2,1-5H3;6-9,11-12H,2-5,10H2,1H3;1-8H3;1H3,(H,3,4);;;1H2/q;;;;;;2*+1;/p-2. The van der Waals surface area contributed by atoms with Crippen molar-refractivity contribution in [3.8, 4) is 17.5 Å². The molecule has 6 aromatic rings. The molecule has 135 heavy (non-hydrogen) atoms. The van der Waals surface area contributed by atoms with Crippen LogP contribution in [0.1, 0.15) is 314 Å². The Kier molecular flexibility index (Phi) is 40.6. The molecule has 7 heterocycles. The van der Waals surface area contributed by atoms with Gasteiger partial charge < -0.3 is 87.7 Å². The second-order valence-electron chi connectivity index (χ2n) is 39.9. The Morgan fingerprint density at radius 1 is 0.444 bits per heavy atom. The van der Waals surface area contributed by atoms with E-state index >= 15 is 0 Å². The van der Waals surface area contributed by atoms with Gasteiger partial charge in [-0.25, -0.2) is 19.9 Å². The number of carboxylic acid groups (broad SMARTS) is 2. The predicted octanol–water partition coefficient (Wildman–Crippen LogP) is 11.5. The Morgan fingerprint density at radius 3 is 0.970 bits per heavy atom. The number of aliphatic carboxylic acids is 2. The number of nitrogens with zero attached hydrogens (tertiary/aromatic N) is 4. The number of nitrogen functional groups attached to an aromatic ring is 2. The molecule has 2 aromatic heterocycles. The monoisotopic (exact) mass is 1910 g/mol. The molecular formula is C98H134B3F3KLiN6O22S. The minimum absolute atomic E-state index is 0. The van der Waals surface area contributed by atoms with E-state index in [1.165, 1.54) is 62.8 Å². The zero-order chi connectivity index (χ0) is 97.1. The Bertz CT molecular complexity index is 5050. The van der Waals surface area contributed by atoms with Crippen molar-refractivity contribution in [3.05, 3.63) is 154 Å². The van der Waals surface area contributed by atoms with Crippen LogP contribution in [0.15, 0.2) is 110 Å². The third-order valence-corrected chi connectivity index (χ3v) is 29.1. The van der Waals surface area contributed by atoms with E-state index in [0.717, 1.165) is 154 Å². The van der Waals surface area contributed by atoms with Gasteiger partial charge in [0.25, 0.3) is 0 Å². The number of fused-ring (bicyclic) bond motifs is 2. The van der Waals surface area contributed by atoms with Crippen LogP contribution in [0.5, 0.6) is 17.5 Å². The normalized spacial score (nSPS) is 23.6. The smallest absolute Gasteiger partial charge is 0.870 e. The Balaban J connectivity index is 0.000000228. The van der Waals surface area contributed by atoms with E-state index in [9.17, 15) is 40.8 Å². The molecule has 5 aliphatic heterocycles. The van der Waals surface area contributed by atoms with E-state index in [0.29, 0.717) is 84.6 Å². The second kappa shape index (κ2) is 47.8. The molecule has 0 radical (unpaired) electrons. The molecule has 4 saturated carbocycles. The molecule has 0 amide bonds. The van der Waals surface area contributed by atoms with Crippen molar-refractivity contribution in [1.82, 2.24) is 19.9 Å². The van der Waals surface area contributed by atoms with Crippen LogP contribution in [0.25, 0.3) is 23.3 Å². The van der Waals surface area contributed by atoms with E-state index < -0.39 is 52.8 Å². The molecule has 4 aliphatic carbocycles. The first-order chi connectivity index (χ1) is 61.6. The number of hydrogen-bond donors (Lipinski definition) is 3. The van der Waals surface area contributed by atoms with Crippen molar-refractivity contribution in [1.29, 1.82) is 0 Å². The first kappa shape index (κ1) is 115. The number of methoxy groups -OCH3 is 3. The van der Waals surface area contributed by atoms with Gasteiger partial charge in [-0.1, -0.05) is 84.9 Å². The molecule has 4 aromatic carbocycles. The molecule has 0 unspecified atom stereocenters. The van der Waals surface area contributed by atoms with Crippen molar-refractivity contribution in [3.63, 3.8) is 0 Å². The summed E-state index contributed by atoms with van der Waals surface area (Å²) in [5.74, 6) is 2.71. The second-order valence-corrected chi connectivity index (χ2v) is 41.4. The fraction of sp³-hybridized carbons (Fsp3) is 0.582. The molecular weight excluding hydrogens is 1780 g/mol. The maximum absolute atomic E-state index is 12.3. The molecule has 6 N–H and O–H groups in total. The number of ether oxygens (including phenoxy) is 5. The number of carbonyl (C=O) groups is 5. The Morgan fingerprint density at radius 2 is 0.704 bits per heavy atom. The van der Waals surface area contributed by atoms with Crippen LogP contribution in [0, 0.1) is 23.7 Å². The molecule has 3 saturated heterocycles. The van der Waals surface area contributed by atoms with Crippen molar-refractivity contribution in [2.24, 2.45) is 23.7 Å². The number of nitrogens with two attached hydrogens (primary N) is 2. The molecule has 37 heteroatoms. The molecule has 7 fully saturated rings. The van der Waals surface area contributed by atoms with Gasteiger partial charge in [0, 0.05) is 42.8 Å². The summed E-state index contributed by atoms with van der Waals surface area (Å²) in [7, 11) is -2.62. The van der Waals surface area contributed by atoms with Gasteiger partial charge in [-0.15, -0.1) is 0 Å². The topological polar surface area (TPSA) is 407 Å². The van der Waals surface area contributed by atoms with Gasteiger partial charge in [-0.05, 0) is 331 Å². The van der Waals surface area contributed by atoms with E-state index in [1.807, 2.05) is 95.2 Å².